The first-order valence-corrected chi connectivity index (χ1v) is 26.4. The van der Waals surface area contributed by atoms with Gasteiger partial charge >= 0.3 is 17.9 Å². The fraction of sp³-hybridized carbons (Fsp3) is 0.737. The summed E-state index contributed by atoms with van der Waals surface area (Å²) in [4.78, 5) is 38.0. The Hall–Kier alpha value is -3.15. The molecule has 0 bridgehead atoms. The fourth-order valence-corrected chi connectivity index (χ4v) is 7.23. The Morgan fingerprint density at radius 2 is 0.619 bits per heavy atom. The highest BCUT2D eigenvalue weighted by Gasteiger charge is 2.19. The van der Waals surface area contributed by atoms with Crippen molar-refractivity contribution >= 4 is 17.9 Å². The van der Waals surface area contributed by atoms with Gasteiger partial charge < -0.3 is 14.2 Å². The van der Waals surface area contributed by atoms with Gasteiger partial charge in [-0.2, -0.15) is 0 Å². The Bertz CT molecular complexity index is 1190. The van der Waals surface area contributed by atoms with E-state index in [2.05, 4.69) is 93.7 Å². The maximum absolute atomic E-state index is 12.8. The number of esters is 3. The van der Waals surface area contributed by atoms with Crippen LogP contribution in [-0.4, -0.2) is 37.2 Å². The van der Waals surface area contributed by atoms with Gasteiger partial charge in [0.2, 0.25) is 0 Å². The largest absolute Gasteiger partial charge is 0.462 e. The second kappa shape index (κ2) is 51.5. The van der Waals surface area contributed by atoms with Gasteiger partial charge in [-0.3, -0.25) is 14.4 Å². The fourth-order valence-electron chi connectivity index (χ4n) is 7.23. The molecule has 6 heteroatoms. The number of rotatable bonds is 47. The molecule has 0 fully saturated rings. The molecule has 0 amide bonds. The quantitative estimate of drug-likeness (QED) is 0.0262. The van der Waals surface area contributed by atoms with Crippen LogP contribution in [0.2, 0.25) is 0 Å². The number of hydrogen-bond acceptors (Lipinski definition) is 6. The smallest absolute Gasteiger partial charge is 0.306 e. The van der Waals surface area contributed by atoms with E-state index in [1.165, 1.54) is 96.3 Å². The van der Waals surface area contributed by atoms with Crippen molar-refractivity contribution in [2.45, 2.75) is 258 Å². The summed E-state index contributed by atoms with van der Waals surface area (Å²) in [6.45, 7) is 6.47. The highest BCUT2D eigenvalue weighted by molar-refractivity contribution is 5.71. The van der Waals surface area contributed by atoms with Crippen molar-refractivity contribution in [3.05, 3.63) is 72.9 Å². The summed E-state index contributed by atoms with van der Waals surface area (Å²) in [6, 6.07) is 0. The topological polar surface area (TPSA) is 78.9 Å². The van der Waals surface area contributed by atoms with Crippen LogP contribution < -0.4 is 0 Å². The lowest BCUT2D eigenvalue weighted by atomic mass is 10.0. The summed E-state index contributed by atoms with van der Waals surface area (Å²) in [7, 11) is 0. The van der Waals surface area contributed by atoms with Gasteiger partial charge in [0.25, 0.3) is 0 Å². The van der Waals surface area contributed by atoms with Crippen molar-refractivity contribution in [3.63, 3.8) is 0 Å². The maximum Gasteiger partial charge on any atom is 0.306 e. The number of carbonyl (C=O) groups excluding carboxylic acids is 3. The van der Waals surface area contributed by atoms with Crippen molar-refractivity contribution in [1.29, 1.82) is 0 Å². The minimum Gasteiger partial charge on any atom is -0.462 e. The van der Waals surface area contributed by atoms with Crippen molar-refractivity contribution in [1.82, 2.24) is 0 Å². The molecule has 63 heavy (non-hydrogen) atoms. The van der Waals surface area contributed by atoms with Crippen LogP contribution >= 0.6 is 0 Å². The third-order valence-corrected chi connectivity index (χ3v) is 11.2. The normalized spacial score (nSPS) is 12.6. The molecule has 0 heterocycles. The number of allylic oxidation sites excluding steroid dienone is 12. The van der Waals surface area contributed by atoms with Gasteiger partial charge in [0.05, 0.1) is 0 Å². The average Bonchev–Trinajstić information content (AvgIpc) is 3.28. The van der Waals surface area contributed by atoms with Crippen LogP contribution in [0.5, 0.6) is 0 Å². The zero-order chi connectivity index (χ0) is 45.8. The SMILES string of the molecule is CC/C=C\C/C=C\C/C=C\C/C=C\CCCCCCC(=O)OC[C@H](COC(=O)CCCCCCC/C=C\C/C=C\CCCCC)OC(=O)CCCCCCCCCCCCCCC. The highest BCUT2D eigenvalue weighted by Crippen LogP contribution is 2.15. The number of hydrogen-bond donors (Lipinski definition) is 0. The molecule has 0 saturated carbocycles. The Kier molecular flexibility index (Phi) is 48.9. The zero-order valence-corrected chi connectivity index (χ0v) is 41.3. The third-order valence-electron chi connectivity index (χ3n) is 11.2. The molecule has 0 saturated heterocycles. The van der Waals surface area contributed by atoms with Gasteiger partial charge in [0, 0.05) is 19.3 Å². The lowest BCUT2D eigenvalue weighted by Gasteiger charge is -2.18. The molecule has 0 unspecified atom stereocenters. The monoisotopic (exact) mass is 879 g/mol. The van der Waals surface area contributed by atoms with Gasteiger partial charge in [-0.15, -0.1) is 0 Å². The summed E-state index contributed by atoms with van der Waals surface area (Å²) >= 11 is 0. The highest BCUT2D eigenvalue weighted by atomic mass is 16.6. The maximum atomic E-state index is 12.8. The first-order chi connectivity index (χ1) is 31.0. The first-order valence-electron chi connectivity index (χ1n) is 26.4. The Labute approximate surface area is 389 Å². The Morgan fingerprint density at radius 1 is 0.333 bits per heavy atom. The molecule has 0 radical (unpaired) electrons. The molecule has 0 aliphatic carbocycles. The van der Waals surface area contributed by atoms with E-state index in [1.54, 1.807) is 0 Å². The van der Waals surface area contributed by atoms with Crippen molar-refractivity contribution in [2.75, 3.05) is 13.2 Å². The van der Waals surface area contributed by atoms with E-state index in [4.69, 9.17) is 14.2 Å². The molecule has 0 aliphatic heterocycles. The summed E-state index contributed by atoms with van der Waals surface area (Å²) < 4.78 is 16.8. The number of carbonyl (C=O) groups is 3. The second-order valence-corrected chi connectivity index (χ2v) is 17.4. The Balaban J connectivity index is 4.43. The first kappa shape index (κ1) is 59.9. The van der Waals surface area contributed by atoms with Crippen LogP contribution in [0.15, 0.2) is 72.9 Å². The second-order valence-electron chi connectivity index (χ2n) is 17.4. The molecule has 0 spiro atoms. The van der Waals surface area contributed by atoms with Gasteiger partial charge in [-0.25, -0.2) is 0 Å². The van der Waals surface area contributed by atoms with Crippen LogP contribution in [0, 0.1) is 0 Å². The minimum absolute atomic E-state index is 0.0893. The molecular formula is C57H98O6. The average molecular weight is 879 g/mol. The van der Waals surface area contributed by atoms with Crippen molar-refractivity contribution in [2.24, 2.45) is 0 Å². The molecule has 6 nitrogen and oxygen atoms in total. The lowest BCUT2D eigenvalue weighted by Crippen LogP contribution is -2.30. The van der Waals surface area contributed by atoms with E-state index in [-0.39, 0.29) is 31.1 Å². The van der Waals surface area contributed by atoms with Crippen LogP contribution in [0.4, 0.5) is 0 Å². The predicted molar refractivity (Wildman–Crippen MR) is 270 cm³/mol. The van der Waals surface area contributed by atoms with E-state index < -0.39 is 6.10 Å². The van der Waals surface area contributed by atoms with Crippen molar-refractivity contribution < 1.29 is 28.6 Å². The van der Waals surface area contributed by atoms with Crippen LogP contribution in [0.25, 0.3) is 0 Å². The van der Waals surface area contributed by atoms with Gasteiger partial charge in [-0.05, 0) is 89.9 Å². The van der Waals surface area contributed by atoms with Gasteiger partial charge in [-0.1, -0.05) is 216 Å². The summed E-state index contributed by atoms with van der Waals surface area (Å²) in [6.07, 6.45) is 64.5. The molecule has 362 valence electrons. The van der Waals surface area contributed by atoms with E-state index in [1.807, 2.05) is 0 Å². The Morgan fingerprint density at radius 3 is 1.00 bits per heavy atom. The molecule has 1 atom stereocenters. The summed E-state index contributed by atoms with van der Waals surface area (Å²) in [5.41, 5.74) is 0. The number of ether oxygens (including phenoxy) is 3. The van der Waals surface area contributed by atoms with Gasteiger partial charge in [0.1, 0.15) is 13.2 Å². The molecule has 0 aromatic rings. The van der Waals surface area contributed by atoms with Gasteiger partial charge in [0.15, 0.2) is 6.10 Å². The lowest BCUT2D eigenvalue weighted by molar-refractivity contribution is -0.167. The zero-order valence-electron chi connectivity index (χ0n) is 41.3. The molecule has 0 aromatic carbocycles. The summed E-state index contributed by atoms with van der Waals surface area (Å²) in [5.74, 6) is -0.921. The predicted octanol–water partition coefficient (Wildman–Crippen LogP) is 17.4. The van der Waals surface area contributed by atoms with Crippen LogP contribution in [0.3, 0.4) is 0 Å². The van der Waals surface area contributed by atoms with E-state index in [9.17, 15) is 14.4 Å². The molecule has 0 aromatic heterocycles. The number of unbranched alkanes of at least 4 members (excludes halogenated alkanes) is 24. The van der Waals surface area contributed by atoms with E-state index >= 15 is 0 Å². The molecule has 0 rings (SSSR count). The standard InChI is InChI=1S/C57H98O6/c1-4-7-10-13-16-19-22-25-27-28-30-33-35-38-41-44-47-50-56(59)62-53-54(63-57(60)51-48-45-42-39-36-31-24-21-18-15-12-9-6-3)52-61-55(58)49-46-43-40-37-34-32-29-26-23-20-17-14-11-8-5-2/h7,10,16-17,19-20,25-27,29-30,33,54H,4-6,8-9,11-15,18,21-24,28,31-32,34-53H2,1-3H3/b10-7-,19-16-,20-17-,27-25-,29-26-,33-30-/t54-/m0/s1. The van der Waals surface area contributed by atoms with E-state index in [0.717, 1.165) is 116 Å². The third kappa shape index (κ3) is 49.7. The van der Waals surface area contributed by atoms with Crippen LogP contribution in [0.1, 0.15) is 252 Å². The molecule has 0 N–H and O–H groups in total. The summed E-state index contributed by atoms with van der Waals surface area (Å²) in [5, 5.41) is 0. The van der Waals surface area contributed by atoms with E-state index in [0.29, 0.717) is 19.3 Å². The van der Waals surface area contributed by atoms with Crippen LogP contribution in [-0.2, 0) is 28.6 Å². The molecular weight excluding hydrogens is 781 g/mol. The molecule has 0 aliphatic rings. The van der Waals surface area contributed by atoms with Crippen molar-refractivity contribution in [3.8, 4) is 0 Å². The minimum atomic E-state index is -0.789.